The number of hydrogen-bond acceptors (Lipinski definition) is 7. The molecule has 2 N–H and O–H groups in total. The maximum atomic E-state index is 11.6. The minimum Gasteiger partial charge on any atom is -0.465 e. The molecule has 0 bridgehead atoms. The van der Waals surface area contributed by atoms with E-state index in [-0.39, 0.29) is 12.0 Å². The molecule has 4 rings (SSSR count). The molecule has 0 spiro atoms. The highest BCUT2D eigenvalue weighted by Gasteiger charge is 2.09. The second-order valence-electron chi connectivity index (χ2n) is 7.17. The van der Waals surface area contributed by atoms with Gasteiger partial charge in [-0.1, -0.05) is 42.5 Å². The van der Waals surface area contributed by atoms with Crippen molar-refractivity contribution in [2.75, 3.05) is 17.7 Å². The molecule has 160 valence electrons. The largest absolute Gasteiger partial charge is 0.465 e. The van der Waals surface area contributed by atoms with Crippen molar-refractivity contribution >= 4 is 23.4 Å². The molecule has 0 aliphatic heterocycles. The lowest BCUT2D eigenvalue weighted by Gasteiger charge is -2.15. The van der Waals surface area contributed by atoms with Crippen LogP contribution in [0.3, 0.4) is 0 Å². The van der Waals surface area contributed by atoms with Crippen molar-refractivity contribution < 1.29 is 9.53 Å². The first-order valence-corrected chi connectivity index (χ1v) is 10.2. The number of nitrogens with zero attached hydrogens (tertiary/aromatic N) is 3. The molecule has 32 heavy (non-hydrogen) atoms. The van der Waals surface area contributed by atoms with Crippen molar-refractivity contribution in [3.05, 3.63) is 96.3 Å². The van der Waals surface area contributed by atoms with E-state index in [0.29, 0.717) is 11.5 Å². The first kappa shape index (κ1) is 21.0. The first-order valence-electron chi connectivity index (χ1n) is 10.2. The number of methoxy groups -OCH3 is 1. The Morgan fingerprint density at radius 1 is 0.938 bits per heavy atom. The second kappa shape index (κ2) is 9.70. The summed E-state index contributed by atoms with van der Waals surface area (Å²) in [5.74, 6) is 0.846. The monoisotopic (exact) mass is 425 g/mol. The highest BCUT2D eigenvalue weighted by molar-refractivity contribution is 5.89. The van der Waals surface area contributed by atoms with Crippen LogP contribution in [0.25, 0.3) is 11.3 Å². The van der Waals surface area contributed by atoms with E-state index in [1.165, 1.54) is 12.7 Å². The Morgan fingerprint density at radius 3 is 2.44 bits per heavy atom. The van der Waals surface area contributed by atoms with Gasteiger partial charge in [0, 0.05) is 35.8 Å². The highest BCUT2D eigenvalue weighted by atomic mass is 16.5. The molecule has 0 amide bonds. The van der Waals surface area contributed by atoms with Gasteiger partial charge in [-0.25, -0.2) is 19.7 Å². The summed E-state index contributed by atoms with van der Waals surface area (Å²) >= 11 is 0. The zero-order chi connectivity index (χ0) is 22.3. The number of anilines is 3. The normalized spacial score (nSPS) is 11.4. The summed E-state index contributed by atoms with van der Waals surface area (Å²) in [6.07, 6.45) is 3.43. The molecule has 2 heterocycles. The zero-order valence-electron chi connectivity index (χ0n) is 17.8. The predicted molar refractivity (Wildman–Crippen MR) is 125 cm³/mol. The fraction of sp³-hybridized carbons (Fsp3) is 0.120. The van der Waals surface area contributed by atoms with Gasteiger partial charge in [-0.15, -0.1) is 0 Å². The third-order valence-corrected chi connectivity index (χ3v) is 4.94. The number of aromatic nitrogens is 3. The minimum absolute atomic E-state index is 0.117. The van der Waals surface area contributed by atoms with Gasteiger partial charge in [0.05, 0.1) is 18.4 Å². The Balaban J connectivity index is 1.48. The van der Waals surface area contributed by atoms with Crippen molar-refractivity contribution in [1.29, 1.82) is 0 Å². The van der Waals surface area contributed by atoms with E-state index >= 15 is 0 Å². The summed E-state index contributed by atoms with van der Waals surface area (Å²) in [4.78, 5) is 24.9. The Bertz CT molecular complexity index is 1200. The van der Waals surface area contributed by atoms with Gasteiger partial charge in [0.1, 0.15) is 5.82 Å². The van der Waals surface area contributed by atoms with Gasteiger partial charge in [0.2, 0.25) is 5.95 Å². The topological polar surface area (TPSA) is 89.0 Å². The van der Waals surface area contributed by atoms with Crippen LogP contribution >= 0.6 is 0 Å². The van der Waals surface area contributed by atoms with Gasteiger partial charge in [-0.2, -0.15) is 0 Å². The van der Waals surface area contributed by atoms with E-state index in [4.69, 9.17) is 4.74 Å². The summed E-state index contributed by atoms with van der Waals surface area (Å²) in [5.41, 5.74) is 4.11. The van der Waals surface area contributed by atoms with Crippen molar-refractivity contribution in [1.82, 2.24) is 15.0 Å². The van der Waals surface area contributed by atoms with Crippen LogP contribution in [0.5, 0.6) is 0 Å². The fourth-order valence-corrected chi connectivity index (χ4v) is 3.24. The number of esters is 1. The number of carbonyl (C=O) groups excluding carboxylic acids is 1. The average Bonchev–Trinajstić information content (AvgIpc) is 2.84. The molecule has 7 heteroatoms. The van der Waals surface area contributed by atoms with E-state index in [1.54, 1.807) is 24.5 Å². The Labute approximate surface area is 186 Å². The summed E-state index contributed by atoms with van der Waals surface area (Å²) in [6.45, 7) is 2.09. The summed E-state index contributed by atoms with van der Waals surface area (Å²) in [6, 6.07) is 23.0. The number of carbonyl (C=O) groups is 1. The van der Waals surface area contributed by atoms with Crippen LogP contribution in [0.2, 0.25) is 0 Å². The smallest absolute Gasteiger partial charge is 0.337 e. The van der Waals surface area contributed by atoms with Crippen LogP contribution in [0.15, 0.2) is 85.2 Å². The molecular formula is C25H23N5O2. The molecule has 7 nitrogen and oxygen atoms in total. The van der Waals surface area contributed by atoms with Crippen LogP contribution < -0.4 is 10.6 Å². The molecule has 0 aliphatic carbocycles. The Kier molecular flexibility index (Phi) is 6.36. The van der Waals surface area contributed by atoms with E-state index in [1.807, 2.05) is 48.5 Å². The summed E-state index contributed by atoms with van der Waals surface area (Å²) in [7, 11) is 1.36. The van der Waals surface area contributed by atoms with E-state index in [0.717, 1.165) is 22.8 Å². The van der Waals surface area contributed by atoms with Gasteiger partial charge >= 0.3 is 5.97 Å². The molecule has 2 aromatic carbocycles. The third-order valence-electron chi connectivity index (χ3n) is 4.94. The highest BCUT2D eigenvalue weighted by Crippen LogP contribution is 2.23. The third kappa shape index (κ3) is 5.07. The standard InChI is InChI=1S/C25H23N5O2/c1-17(18-6-4-3-5-7-18)28-23-16-21(12-14-26-23)29-25-27-15-13-22(30-25)19-8-10-20(11-9-19)24(31)32-2/h3-17H,1-2H3,(H2,26,27,28,29,30)/t17-/m0/s1. The van der Waals surface area contributed by atoms with Gasteiger partial charge in [-0.3, -0.25) is 0 Å². The molecule has 1 atom stereocenters. The minimum atomic E-state index is -0.370. The molecule has 0 unspecified atom stereocenters. The molecule has 2 aromatic heterocycles. The molecule has 0 radical (unpaired) electrons. The van der Waals surface area contributed by atoms with Crippen molar-refractivity contribution in [2.45, 2.75) is 13.0 Å². The lowest BCUT2D eigenvalue weighted by Crippen LogP contribution is -2.08. The van der Waals surface area contributed by atoms with Gasteiger partial charge < -0.3 is 15.4 Å². The summed E-state index contributed by atoms with van der Waals surface area (Å²) < 4.78 is 4.74. The summed E-state index contributed by atoms with van der Waals surface area (Å²) in [5, 5.41) is 6.64. The maximum Gasteiger partial charge on any atom is 0.337 e. The Morgan fingerprint density at radius 2 is 1.69 bits per heavy atom. The quantitative estimate of drug-likeness (QED) is 0.391. The van der Waals surface area contributed by atoms with Crippen LogP contribution in [0.4, 0.5) is 17.5 Å². The first-order chi connectivity index (χ1) is 15.6. The number of hydrogen-bond donors (Lipinski definition) is 2. The lowest BCUT2D eigenvalue weighted by atomic mass is 10.1. The van der Waals surface area contributed by atoms with E-state index in [9.17, 15) is 4.79 Å². The SMILES string of the molecule is COC(=O)c1ccc(-c2ccnc(Nc3ccnc(N[C@@H](C)c4ccccc4)c3)n2)cc1. The second-order valence-corrected chi connectivity index (χ2v) is 7.17. The van der Waals surface area contributed by atoms with Crippen LogP contribution in [0.1, 0.15) is 28.9 Å². The molecule has 4 aromatic rings. The van der Waals surface area contributed by atoms with Crippen molar-refractivity contribution in [3.63, 3.8) is 0 Å². The molecule has 0 saturated heterocycles. The number of nitrogens with one attached hydrogen (secondary N) is 2. The van der Waals surface area contributed by atoms with E-state index < -0.39 is 0 Å². The van der Waals surface area contributed by atoms with Crippen LogP contribution in [-0.2, 0) is 4.74 Å². The fourth-order valence-electron chi connectivity index (χ4n) is 3.24. The Hall–Kier alpha value is -4.26. The van der Waals surface area contributed by atoms with Crippen molar-refractivity contribution in [3.8, 4) is 11.3 Å². The molecule has 0 saturated carbocycles. The van der Waals surface area contributed by atoms with E-state index in [2.05, 4.69) is 44.6 Å². The number of rotatable bonds is 7. The average molecular weight is 425 g/mol. The predicted octanol–water partition coefficient (Wildman–Crippen LogP) is 5.24. The van der Waals surface area contributed by atoms with Gasteiger partial charge in [0.15, 0.2) is 0 Å². The molecule has 0 fully saturated rings. The van der Waals surface area contributed by atoms with Crippen molar-refractivity contribution in [2.24, 2.45) is 0 Å². The molecule has 0 aliphatic rings. The number of benzene rings is 2. The van der Waals surface area contributed by atoms with Gasteiger partial charge in [-0.05, 0) is 36.8 Å². The molecular weight excluding hydrogens is 402 g/mol. The zero-order valence-corrected chi connectivity index (χ0v) is 17.8. The van der Waals surface area contributed by atoms with Crippen LogP contribution in [-0.4, -0.2) is 28.0 Å². The lowest BCUT2D eigenvalue weighted by molar-refractivity contribution is 0.0600. The number of ether oxygens (including phenoxy) is 1. The van der Waals surface area contributed by atoms with Gasteiger partial charge in [0.25, 0.3) is 0 Å². The number of pyridine rings is 1. The maximum absolute atomic E-state index is 11.6. The van der Waals surface area contributed by atoms with Crippen LogP contribution in [0, 0.1) is 0 Å².